The first-order valence-corrected chi connectivity index (χ1v) is 9.92. The molecule has 2 aromatic rings. The summed E-state index contributed by atoms with van der Waals surface area (Å²) >= 11 is 1.79. The maximum Gasteiger partial charge on any atom is 0.275 e. The van der Waals surface area contributed by atoms with Crippen molar-refractivity contribution in [2.24, 2.45) is 5.92 Å². The number of carbonyl (C=O) groups excluding carboxylic acids is 1. The molecule has 5 heteroatoms. The van der Waals surface area contributed by atoms with Crippen LogP contribution in [0.2, 0.25) is 0 Å². The quantitative estimate of drug-likeness (QED) is 0.844. The maximum atomic E-state index is 12.3. The van der Waals surface area contributed by atoms with Gasteiger partial charge in [0.25, 0.3) is 5.91 Å². The average Bonchev–Trinajstić information content (AvgIpc) is 2.98. The van der Waals surface area contributed by atoms with Gasteiger partial charge in [0.1, 0.15) is 6.04 Å². The Morgan fingerprint density at radius 3 is 3.00 bits per heavy atom. The van der Waals surface area contributed by atoms with Crippen LogP contribution in [0.15, 0.2) is 24.3 Å². The Bertz CT molecular complexity index is 649. The van der Waals surface area contributed by atoms with E-state index in [1.165, 1.54) is 27.4 Å². The highest BCUT2D eigenvalue weighted by Gasteiger charge is 2.31. The maximum absolute atomic E-state index is 12.3. The molecule has 1 aromatic carbocycles. The van der Waals surface area contributed by atoms with Gasteiger partial charge in [0.2, 0.25) is 0 Å². The van der Waals surface area contributed by atoms with Crippen LogP contribution in [-0.4, -0.2) is 30.5 Å². The number of hydrogen-bond acceptors (Lipinski definition) is 3. The van der Waals surface area contributed by atoms with Crippen molar-refractivity contribution in [1.82, 2.24) is 10.3 Å². The van der Waals surface area contributed by atoms with Crippen molar-refractivity contribution < 1.29 is 9.69 Å². The molecule has 1 unspecified atom stereocenters. The molecule has 1 amide bonds. The van der Waals surface area contributed by atoms with Gasteiger partial charge < -0.3 is 10.2 Å². The Balaban J connectivity index is 1.65. The fourth-order valence-electron chi connectivity index (χ4n) is 3.40. The van der Waals surface area contributed by atoms with E-state index in [1.54, 1.807) is 11.3 Å². The smallest absolute Gasteiger partial charge is 0.275 e. The number of carbonyl (C=O) groups is 1. The van der Waals surface area contributed by atoms with E-state index in [1.807, 2.05) is 6.07 Å². The molecule has 0 aliphatic carbocycles. The molecule has 1 aromatic heterocycles. The molecule has 2 N–H and O–H groups in total. The van der Waals surface area contributed by atoms with Gasteiger partial charge in [-0.25, -0.2) is 4.98 Å². The van der Waals surface area contributed by atoms with Gasteiger partial charge >= 0.3 is 0 Å². The minimum atomic E-state index is 0.179. The SMILES string of the molecule is CC(C)CCNC(=O)C[NH+]1CCCC[C@H]1c1nc2ccccc2s1. The molecule has 0 bridgehead atoms. The van der Waals surface area contributed by atoms with E-state index in [2.05, 4.69) is 37.4 Å². The second-order valence-corrected chi connectivity index (χ2v) is 8.25. The van der Waals surface area contributed by atoms with E-state index in [-0.39, 0.29) is 5.91 Å². The van der Waals surface area contributed by atoms with E-state index < -0.39 is 0 Å². The molecule has 0 spiro atoms. The number of benzene rings is 1. The molecule has 1 fully saturated rings. The number of fused-ring (bicyclic) bond motifs is 1. The monoisotopic (exact) mass is 346 g/mol. The lowest BCUT2D eigenvalue weighted by molar-refractivity contribution is -0.929. The lowest BCUT2D eigenvalue weighted by Crippen LogP contribution is -3.14. The first-order valence-electron chi connectivity index (χ1n) is 9.10. The number of hydrogen-bond donors (Lipinski definition) is 2. The van der Waals surface area contributed by atoms with Crippen molar-refractivity contribution in [2.45, 2.75) is 45.6 Å². The van der Waals surface area contributed by atoms with Crippen LogP contribution in [0, 0.1) is 5.92 Å². The van der Waals surface area contributed by atoms with Crippen molar-refractivity contribution in [3.63, 3.8) is 0 Å². The van der Waals surface area contributed by atoms with Gasteiger partial charge in [0.15, 0.2) is 11.6 Å². The number of nitrogens with one attached hydrogen (secondary N) is 2. The normalized spacial score (nSPS) is 21.3. The minimum absolute atomic E-state index is 0.179. The number of nitrogens with zero attached hydrogens (tertiary/aromatic N) is 1. The third-order valence-electron chi connectivity index (χ3n) is 4.77. The zero-order valence-corrected chi connectivity index (χ0v) is 15.5. The van der Waals surface area contributed by atoms with Crippen molar-refractivity contribution >= 4 is 27.5 Å². The zero-order chi connectivity index (χ0) is 16.9. The highest BCUT2D eigenvalue weighted by Crippen LogP contribution is 2.28. The van der Waals surface area contributed by atoms with Gasteiger partial charge in [0.05, 0.1) is 16.8 Å². The predicted octanol–water partition coefficient (Wildman–Crippen LogP) is 2.57. The number of rotatable bonds is 6. The summed E-state index contributed by atoms with van der Waals surface area (Å²) in [7, 11) is 0. The van der Waals surface area contributed by atoms with Crippen LogP contribution in [0.1, 0.15) is 50.6 Å². The molecule has 1 aliphatic rings. The second kappa shape index (κ2) is 8.08. The Labute approximate surface area is 148 Å². The van der Waals surface area contributed by atoms with Crippen molar-refractivity contribution in [1.29, 1.82) is 0 Å². The summed E-state index contributed by atoms with van der Waals surface area (Å²) < 4.78 is 1.25. The van der Waals surface area contributed by atoms with E-state index in [0.29, 0.717) is 18.5 Å². The Kier molecular flexibility index (Phi) is 5.85. The van der Waals surface area contributed by atoms with Crippen LogP contribution in [0.4, 0.5) is 0 Å². The van der Waals surface area contributed by atoms with Gasteiger partial charge in [-0.15, -0.1) is 11.3 Å². The van der Waals surface area contributed by atoms with Crippen LogP contribution >= 0.6 is 11.3 Å². The largest absolute Gasteiger partial charge is 0.351 e. The molecule has 0 saturated carbocycles. The molecule has 3 rings (SSSR count). The van der Waals surface area contributed by atoms with Gasteiger partial charge in [-0.1, -0.05) is 26.0 Å². The number of thiazole rings is 1. The Morgan fingerprint density at radius 1 is 1.38 bits per heavy atom. The predicted molar refractivity (Wildman–Crippen MR) is 99.4 cm³/mol. The first kappa shape index (κ1) is 17.4. The van der Waals surface area contributed by atoms with E-state index >= 15 is 0 Å². The summed E-state index contributed by atoms with van der Waals surface area (Å²) in [5.74, 6) is 0.807. The molecular formula is C19H28N3OS+. The third kappa shape index (κ3) is 4.33. The molecule has 4 nitrogen and oxygen atoms in total. The van der Waals surface area contributed by atoms with Gasteiger partial charge in [-0.3, -0.25) is 4.79 Å². The van der Waals surface area contributed by atoms with E-state index in [4.69, 9.17) is 4.98 Å². The molecule has 1 saturated heterocycles. The van der Waals surface area contributed by atoms with E-state index in [0.717, 1.165) is 31.4 Å². The highest BCUT2D eigenvalue weighted by molar-refractivity contribution is 7.18. The van der Waals surface area contributed by atoms with E-state index in [9.17, 15) is 4.79 Å². The Hall–Kier alpha value is -1.46. The summed E-state index contributed by atoms with van der Waals surface area (Å²) in [5, 5.41) is 4.28. The van der Waals surface area contributed by atoms with Crippen molar-refractivity contribution in [3.8, 4) is 0 Å². The van der Waals surface area contributed by atoms with Gasteiger partial charge in [0, 0.05) is 13.0 Å². The molecule has 24 heavy (non-hydrogen) atoms. The number of para-hydroxylation sites is 1. The zero-order valence-electron chi connectivity index (χ0n) is 14.7. The summed E-state index contributed by atoms with van der Waals surface area (Å²) in [6, 6.07) is 8.69. The molecular weight excluding hydrogens is 318 g/mol. The van der Waals surface area contributed by atoms with Crippen molar-refractivity contribution in [2.75, 3.05) is 19.6 Å². The van der Waals surface area contributed by atoms with Gasteiger partial charge in [-0.05, 0) is 37.3 Å². The first-order chi connectivity index (χ1) is 11.6. The van der Waals surface area contributed by atoms with Crippen LogP contribution in [0.5, 0.6) is 0 Å². The second-order valence-electron chi connectivity index (χ2n) is 7.19. The number of quaternary nitrogens is 1. The fourth-order valence-corrected chi connectivity index (χ4v) is 4.56. The summed E-state index contributed by atoms with van der Waals surface area (Å²) in [6.07, 6.45) is 4.62. The van der Waals surface area contributed by atoms with Crippen LogP contribution in [0.3, 0.4) is 0 Å². The highest BCUT2D eigenvalue weighted by atomic mass is 32.1. The molecule has 1 aliphatic heterocycles. The standard InChI is InChI=1S/C19H27N3OS/c1-14(2)10-11-20-18(23)13-22-12-6-5-8-16(22)19-21-15-7-3-4-9-17(15)24-19/h3-4,7,9,14,16H,5-6,8,10-13H2,1-2H3,(H,20,23)/p+1/t16-/m0/s1. The summed E-state index contributed by atoms with van der Waals surface area (Å²) in [5.41, 5.74) is 1.09. The lowest BCUT2D eigenvalue weighted by Gasteiger charge is -2.30. The average molecular weight is 347 g/mol. The molecule has 130 valence electrons. The third-order valence-corrected chi connectivity index (χ3v) is 5.92. The molecule has 2 heterocycles. The van der Waals surface area contributed by atoms with Crippen LogP contribution < -0.4 is 10.2 Å². The number of likely N-dealkylation sites (tertiary alicyclic amines) is 1. The Morgan fingerprint density at radius 2 is 2.21 bits per heavy atom. The molecule has 0 radical (unpaired) electrons. The molecule has 2 atom stereocenters. The lowest BCUT2D eigenvalue weighted by atomic mass is 10.0. The number of piperidine rings is 1. The fraction of sp³-hybridized carbons (Fsp3) is 0.579. The number of aromatic nitrogens is 1. The van der Waals surface area contributed by atoms with Crippen LogP contribution in [-0.2, 0) is 4.79 Å². The summed E-state index contributed by atoms with van der Waals surface area (Å²) in [6.45, 7) is 6.79. The topological polar surface area (TPSA) is 46.4 Å². The number of amides is 1. The van der Waals surface area contributed by atoms with Crippen LogP contribution in [0.25, 0.3) is 10.2 Å². The van der Waals surface area contributed by atoms with Crippen molar-refractivity contribution in [3.05, 3.63) is 29.3 Å². The summed E-state index contributed by atoms with van der Waals surface area (Å²) in [4.78, 5) is 18.5. The minimum Gasteiger partial charge on any atom is -0.351 e. The van der Waals surface area contributed by atoms with Gasteiger partial charge in [-0.2, -0.15) is 0 Å².